The molecule has 134 valence electrons. The van der Waals surface area contributed by atoms with Gasteiger partial charge in [0.15, 0.2) is 0 Å². The molecule has 2 rings (SSSR count). The van der Waals surface area contributed by atoms with Gasteiger partial charge in [0.05, 0.1) is 13.2 Å². The Morgan fingerprint density at radius 2 is 1.56 bits per heavy atom. The third-order valence-electron chi connectivity index (χ3n) is 3.73. The van der Waals surface area contributed by atoms with E-state index in [4.69, 9.17) is 9.47 Å². The van der Waals surface area contributed by atoms with Crippen LogP contribution in [0, 0.1) is 13.8 Å². The summed E-state index contributed by atoms with van der Waals surface area (Å²) < 4.78 is 11.3. The lowest BCUT2D eigenvalue weighted by atomic mass is 10.1. The van der Waals surface area contributed by atoms with Gasteiger partial charge >= 0.3 is 0 Å². The van der Waals surface area contributed by atoms with Crippen molar-refractivity contribution in [3.63, 3.8) is 0 Å². The highest BCUT2D eigenvalue weighted by atomic mass is 16.5. The molecule has 0 radical (unpaired) electrons. The lowest BCUT2D eigenvalue weighted by Crippen LogP contribution is -2.28. The van der Waals surface area contributed by atoms with Crippen LogP contribution in [0.4, 0.5) is 0 Å². The number of hydrogen-bond acceptors (Lipinski definition) is 3. The molecule has 0 unspecified atom stereocenters. The Kier molecular flexibility index (Phi) is 7.33. The van der Waals surface area contributed by atoms with E-state index in [0.29, 0.717) is 25.3 Å². The Labute approximate surface area is 150 Å². The molecule has 0 saturated heterocycles. The van der Waals surface area contributed by atoms with Crippen molar-refractivity contribution in [1.29, 1.82) is 0 Å². The number of hydrogen-bond donors (Lipinski definition) is 1. The van der Waals surface area contributed by atoms with E-state index in [1.165, 1.54) is 11.1 Å². The molecule has 25 heavy (non-hydrogen) atoms. The standard InChI is InChI=1S/C21H27NO3/c1-4-5-11-24-19-8-6-18(7-9-19)21(23)22-10-12-25-20-14-16(2)13-17(3)15-20/h6-9,13-15H,4-5,10-12H2,1-3H3,(H,22,23). The Bertz CT molecular complexity index is 660. The van der Waals surface area contributed by atoms with Crippen molar-refractivity contribution in [3.8, 4) is 11.5 Å². The first kappa shape index (κ1) is 18.8. The molecule has 0 aliphatic carbocycles. The molecule has 0 fully saturated rings. The first-order valence-electron chi connectivity index (χ1n) is 8.80. The molecule has 0 atom stereocenters. The monoisotopic (exact) mass is 341 g/mol. The number of unbranched alkanes of at least 4 members (excludes halogenated alkanes) is 1. The maximum absolute atomic E-state index is 12.1. The second kappa shape index (κ2) is 9.72. The fourth-order valence-electron chi connectivity index (χ4n) is 2.49. The van der Waals surface area contributed by atoms with Crippen LogP contribution in [-0.4, -0.2) is 25.7 Å². The second-order valence-corrected chi connectivity index (χ2v) is 6.15. The molecule has 0 bridgehead atoms. The molecule has 1 N–H and O–H groups in total. The number of rotatable bonds is 9. The van der Waals surface area contributed by atoms with Gasteiger partial charge in [-0.3, -0.25) is 4.79 Å². The summed E-state index contributed by atoms with van der Waals surface area (Å²) in [5.74, 6) is 1.52. The molecule has 4 heteroatoms. The van der Waals surface area contributed by atoms with Gasteiger partial charge < -0.3 is 14.8 Å². The molecule has 0 spiro atoms. The highest BCUT2D eigenvalue weighted by Crippen LogP contribution is 2.16. The van der Waals surface area contributed by atoms with Crippen molar-refractivity contribution in [2.75, 3.05) is 19.8 Å². The molecule has 0 heterocycles. The van der Waals surface area contributed by atoms with E-state index in [2.05, 4.69) is 18.3 Å². The van der Waals surface area contributed by atoms with Crippen LogP contribution in [0.3, 0.4) is 0 Å². The first-order valence-corrected chi connectivity index (χ1v) is 8.80. The molecule has 0 aromatic heterocycles. The predicted octanol–water partition coefficient (Wildman–Crippen LogP) is 4.29. The van der Waals surface area contributed by atoms with E-state index < -0.39 is 0 Å². The van der Waals surface area contributed by atoms with Crippen LogP contribution in [-0.2, 0) is 0 Å². The summed E-state index contributed by atoms with van der Waals surface area (Å²) in [6, 6.07) is 13.3. The van der Waals surface area contributed by atoms with Crippen molar-refractivity contribution in [2.24, 2.45) is 0 Å². The first-order chi connectivity index (χ1) is 12.1. The molecule has 0 aliphatic rings. The Balaban J connectivity index is 1.74. The largest absolute Gasteiger partial charge is 0.494 e. The van der Waals surface area contributed by atoms with Gasteiger partial charge in [-0.25, -0.2) is 0 Å². The molecule has 2 aromatic rings. The van der Waals surface area contributed by atoms with Gasteiger partial charge in [0.2, 0.25) is 0 Å². The van der Waals surface area contributed by atoms with Crippen molar-refractivity contribution in [3.05, 3.63) is 59.2 Å². The molecular weight excluding hydrogens is 314 g/mol. The van der Waals surface area contributed by atoms with Gasteiger partial charge in [-0.05, 0) is 67.8 Å². The normalized spacial score (nSPS) is 10.4. The van der Waals surface area contributed by atoms with Gasteiger partial charge in [-0.1, -0.05) is 19.4 Å². The highest BCUT2D eigenvalue weighted by molar-refractivity contribution is 5.94. The zero-order valence-electron chi connectivity index (χ0n) is 15.3. The molecule has 2 aromatic carbocycles. The van der Waals surface area contributed by atoms with Crippen LogP contribution in [0.1, 0.15) is 41.3 Å². The van der Waals surface area contributed by atoms with Crippen LogP contribution < -0.4 is 14.8 Å². The fraction of sp³-hybridized carbons (Fsp3) is 0.381. The SMILES string of the molecule is CCCCOc1ccc(C(=O)NCCOc2cc(C)cc(C)c2)cc1. The average Bonchev–Trinajstić information content (AvgIpc) is 2.58. The van der Waals surface area contributed by atoms with Crippen LogP contribution in [0.5, 0.6) is 11.5 Å². The van der Waals surface area contributed by atoms with E-state index in [-0.39, 0.29) is 5.91 Å². The van der Waals surface area contributed by atoms with Gasteiger partial charge in [-0.2, -0.15) is 0 Å². The average molecular weight is 341 g/mol. The number of ether oxygens (including phenoxy) is 2. The maximum atomic E-state index is 12.1. The summed E-state index contributed by atoms with van der Waals surface area (Å²) in [5.41, 5.74) is 2.95. The summed E-state index contributed by atoms with van der Waals surface area (Å²) in [6.45, 7) is 7.81. The zero-order valence-corrected chi connectivity index (χ0v) is 15.3. The van der Waals surface area contributed by atoms with Crippen LogP contribution in [0.15, 0.2) is 42.5 Å². The van der Waals surface area contributed by atoms with E-state index in [0.717, 1.165) is 24.3 Å². The van der Waals surface area contributed by atoms with E-state index in [1.807, 2.05) is 38.1 Å². The summed E-state index contributed by atoms with van der Waals surface area (Å²) in [5, 5.41) is 2.87. The van der Waals surface area contributed by atoms with Gasteiger partial charge in [0.25, 0.3) is 5.91 Å². The summed E-state index contributed by atoms with van der Waals surface area (Å²) in [6.07, 6.45) is 2.13. The highest BCUT2D eigenvalue weighted by Gasteiger charge is 2.05. The summed E-state index contributed by atoms with van der Waals surface area (Å²) in [4.78, 5) is 12.1. The van der Waals surface area contributed by atoms with Crippen LogP contribution >= 0.6 is 0 Å². The van der Waals surface area contributed by atoms with Gasteiger partial charge in [0.1, 0.15) is 18.1 Å². The molecule has 0 aliphatic heterocycles. The lowest BCUT2D eigenvalue weighted by Gasteiger charge is -2.10. The Morgan fingerprint density at radius 1 is 0.920 bits per heavy atom. The minimum atomic E-state index is -0.107. The molecular formula is C21H27NO3. The molecule has 4 nitrogen and oxygen atoms in total. The third-order valence-corrected chi connectivity index (χ3v) is 3.73. The number of benzene rings is 2. The zero-order chi connectivity index (χ0) is 18.1. The van der Waals surface area contributed by atoms with Crippen molar-refractivity contribution in [1.82, 2.24) is 5.32 Å². The van der Waals surface area contributed by atoms with Gasteiger partial charge in [0, 0.05) is 5.56 Å². The second-order valence-electron chi connectivity index (χ2n) is 6.15. The van der Waals surface area contributed by atoms with E-state index >= 15 is 0 Å². The van der Waals surface area contributed by atoms with Crippen molar-refractivity contribution < 1.29 is 14.3 Å². The Hall–Kier alpha value is -2.49. The smallest absolute Gasteiger partial charge is 0.251 e. The number of amides is 1. The third kappa shape index (κ3) is 6.49. The number of carbonyl (C=O) groups excluding carboxylic acids is 1. The fourth-order valence-corrected chi connectivity index (χ4v) is 2.49. The lowest BCUT2D eigenvalue weighted by molar-refractivity contribution is 0.0947. The van der Waals surface area contributed by atoms with Crippen molar-refractivity contribution >= 4 is 5.91 Å². The van der Waals surface area contributed by atoms with Crippen molar-refractivity contribution in [2.45, 2.75) is 33.6 Å². The van der Waals surface area contributed by atoms with Crippen LogP contribution in [0.2, 0.25) is 0 Å². The molecule has 1 amide bonds. The predicted molar refractivity (Wildman–Crippen MR) is 101 cm³/mol. The summed E-state index contributed by atoms with van der Waals surface area (Å²) in [7, 11) is 0. The Morgan fingerprint density at radius 3 is 2.20 bits per heavy atom. The number of carbonyl (C=O) groups is 1. The maximum Gasteiger partial charge on any atom is 0.251 e. The summed E-state index contributed by atoms with van der Waals surface area (Å²) >= 11 is 0. The van der Waals surface area contributed by atoms with E-state index in [1.54, 1.807) is 12.1 Å². The number of aryl methyl sites for hydroxylation is 2. The minimum absolute atomic E-state index is 0.107. The molecule has 0 saturated carbocycles. The van der Waals surface area contributed by atoms with Gasteiger partial charge in [-0.15, -0.1) is 0 Å². The quantitative estimate of drug-likeness (QED) is 0.692. The number of nitrogens with one attached hydrogen (secondary N) is 1. The van der Waals surface area contributed by atoms with E-state index in [9.17, 15) is 4.79 Å². The van der Waals surface area contributed by atoms with Crippen LogP contribution in [0.25, 0.3) is 0 Å². The topological polar surface area (TPSA) is 47.6 Å². The minimum Gasteiger partial charge on any atom is -0.494 e.